The standard InChI is InChI=1S/C25H38F2N6O3/c1-16-20(13-32-14-25(26,27)12-17(32)8-11-31-9-4-5-10-31)35-22(21(16)36-24(2,3)34)18-6-7-19-23(28)29-15-30-33(18)19/h6-7,15-17,20-22,34H,4-5,8-14H2,1-3H3,(H2,28,29,30)/t16-,17-,20-,21-,22+/m1/s1. The zero-order valence-corrected chi connectivity index (χ0v) is 21.3. The summed E-state index contributed by atoms with van der Waals surface area (Å²) >= 11 is 0. The van der Waals surface area contributed by atoms with Crippen molar-refractivity contribution in [2.45, 2.75) is 82.5 Å². The number of hydrogen-bond acceptors (Lipinski definition) is 8. The maximum absolute atomic E-state index is 14.5. The highest BCUT2D eigenvalue weighted by atomic mass is 19.3. The molecule has 11 heteroatoms. The number of alkyl halides is 2. The van der Waals surface area contributed by atoms with Gasteiger partial charge in [-0.05, 0) is 64.9 Å². The molecular weight excluding hydrogens is 470 g/mol. The molecular formula is C25H38F2N6O3. The third-order valence-corrected chi connectivity index (χ3v) is 7.83. The third kappa shape index (κ3) is 5.35. The first kappa shape index (κ1) is 25.7. The molecule has 200 valence electrons. The second-order valence-corrected chi connectivity index (χ2v) is 11.2. The van der Waals surface area contributed by atoms with Gasteiger partial charge in [-0.2, -0.15) is 5.10 Å². The summed E-state index contributed by atoms with van der Waals surface area (Å²) < 4.78 is 43.4. The first-order valence-corrected chi connectivity index (χ1v) is 13.0. The van der Waals surface area contributed by atoms with Crippen LogP contribution >= 0.6 is 0 Å². The zero-order chi connectivity index (χ0) is 25.7. The van der Waals surface area contributed by atoms with Gasteiger partial charge in [-0.1, -0.05) is 6.92 Å². The van der Waals surface area contributed by atoms with Crippen LogP contribution in [-0.2, 0) is 9.47 Å². The van der Waals surface area contributed by atoms with Gasteiger partial charge >= 0.3 is 0 Å². The SMILES string of the molecule is C[C@H]1[C@@H](OC(C)(C)O)[C@H](c2ccc3c(N)ncnn23)O[C@@H]1CN1CC(F)(F)C[C@H]1CCN1CCCC1. The lowest BCUT2D eigenvalue weighted by Crippen LogP contribution is -2.41. The number of hydrogen-bond donors (Lipinski definition) is 2. The van der Waals surface area contributed by atoms with Gasteiger partial charge in [0, 0.05) is 24.9 Å². The van der Waals surface area contributed by atoms with Crippen LogP contribution in [0.4, 0.5) is 14.6 Å². The molecule has 0 radical (unpaired) electrons. The monoisotopic (exact) mass is 508 g/mol. The van der Waals surface area contributed by atoms with Gasteiger partial charge < -0.3 is 25.2 Å². The molecule has 2 aromatic rings. The van der Waals surface area contributed by atoms with Crippen LogP contribution in [0.1, 0.15) is 58.3 Å². The van der Waals surface area contributed by atoms with E-state index in [4.69, 9.17) is 15.2 Å². The minimum absolute atomic E-state index is 0.117. The second-order valence-electron chi connectivity index (χ2n) is 11.2. The van der Waals surface area contributed by atoms with E-state index in [-0.39, 0.29) is 31.0 Å². The minimum Gasteiger partial charge on any atom is -0.382 e. The predicted octanol–water partition coefficient (Wildman–Crippen LogP) is 2.70. The average molecular weight is 509 g/mol. The number of likely N-dealkylation sites (tertiary alicyclic amines) is 2. The van der Waals surface area contributed by atoms with Gasteiger partial charge in [-0.3, -0.25) is 4.90 Å². The van der Waals surface area contributed by atoms with Gasteiger partial charge in [0.2, 0.25) is 0 Å². The van der Waals surface area contributed by atoms with Crippen LogP contribution in [0.5, 0.6) is 0 Å². The number of nitrogens with zero attached hydrogens (tertiary/aromatic N) is 5. The molecule has 5 heterocycles. The summed E-state index contributed by atoms with van der Waals surface area (Å²) in [5.41, 5.74) is 7.39. The molecule has 0 saturated carbocycles. The van der Waals surface area contributed by atoms with Gasteiger partial charge in [0.25, 0.3) is 5.92 Å². The van der Waals surface area contributed by atoms with Crippen LogP contribution in [0.2, 0.25) is 0 Å². The maximum atomic E-state index is 14.5. The van der Waals surface area contributed by atoms with E-state index < -0.39 is 23.9 Å². The van der Waals surface area contributed by atoms with E-state index in [1.54, 1.807) is 18.4 Å². The quantitative estimate of drug-likeness (QED) is 0.525. The fraction of sp³-hybridized carbons (Fsp3) is 0.760. The fourth-order valence-electron chi connectivity index (χ4n) is 6.05. The number of anilines is 1. The summed E-state index contributed by atoms with van der Waals surface area (Å²) in [7, 11) is 0. The van der Waals surface area contributed by atoms with Crippen molar-refractivity contribution in [3.63, 3.8) is 0 Å². The number of aromatic nitrogens is 3. The molecule has 0 unspecified atom stereocenters. The van der Waals surface area contributed by atoms with Crippen molar-refractivity contribution in [1.29, 1.82) is 0 Å². The number of nitrogen functional groups attached to an aromatic ring is 1. The molecule has 9 nitrogen and oxygen atoms in total. The van der Waals surface area contributed by atoms with Crippen molar-refractivity contribution in [1.82, 2.24) is 24.4 Å². The fourth-order valence-corrected chi connectivity index (χ4v) is 6.05. The average Bonchev–Trinajstić information content (AvgIpc) is 3.55. The van der Waals surface area contributed by atoms with Gasteiger partial charge in [0.05, 0.1) is 24.4 Å². The second kappa shape index (κ2) is 9.75. The van der Waals surface area contributed by atoms with Crippen LogP contribution in [0.25, 0.3) is 5.52 Å². The molecule has 3 fully saturated rings. The first-order valence-electron chi connectivity index (χ1n) is 13.0. The molecule has 3 N–H and O–H groups in total. The molecule has 0 aliphatic carbocycles. The number of fused-ring (bicyclic) bond motifs is 1. The van der Waals surface area contributed by atoms with Crippen molar-refractivity contribution in [3.05, 3.63) is 24.2 Å². The Morgan fingerprint density at radius 1 is 1.28 bits per heavy atom. The Balaban J connectivity index is 1.36. The van der Waals surface area contributed by atoms with E-state index in [1.807, 2.05) is 24.0 Å². The van der Waals surface area contributed by atoms with Crippen LogP contribution in [-0.4, -0.2) is 92.2 Å². The Morgan fingerprint density at radius 2 is 2.03 bits per heavy atom. The highest BCUT2D eigenvalue weighted by Crippen LogP contribution is 2.43. The molecule has 5 rings (SSSR count). The highest BCUT2D eigenvalue weighted by Gasteiger charge is 2.50. The van der Waals surface area contributed by atoms with E-state index in [0.29, 0.717) is 17.9 Å². The largest absolute Gasteiger partial charge is 0.382 e. The van der Waals surface area contributed by atoms with Gasteiger partial charge in [-0.25, -0.2) is 18.3 Å². The van der Waals surface area contributed by atoms with E-state index >= 15 is 0 Å². The molecule has 0 aromatic carbocycles. The van der Waals surface area contributed by atoms with E-state index in [0.717, 1.165) is 31.7 Å². The summed E-state index contributed by atoms with van der Waals surface area (Å²) in [6.07, 6.45) is 2.95. The summed E-state index contributed by atoms with van der Waals surface area (Å²) in [5.74, 6) is -3.90. The van der Waals surface area contributed by atoms with Crippen molar-refractivity contribution < 1.29 is 23.4 Å². The lowest BCUT2D eigenvalue weighted by molar-refractivity contribution is -0.221. The van der Waals surface area contributed by atoms with Gasteiger partial charge in [0.15, 0.2) is 11.6 Å². The lowest BCUT2D eigenvalue weighted by atomic mass is 9.96. The van der Waals surface area contributed by atoms with Crippen LogP contribution in [0.15, 0.2) is 18.5 Å². The Hall–Kier alpha value is -1.92. The number of aliphatic hydroxyl groups is 1. The highest BCUT2D eigenvalue weighted by molar-refractivity contribution is 5.65. The molecule has 3 aliphatic heterocycles. The van der Waals surface area contributed by atoms with E-state index in [9.17, 15) is 13.9 Å². The first-order chi connectivity index (χ1) is 17.0. The Labute approximate surface area is 210 Å². The van der Waals surface area contributed by atoms with Gasteiger partial charge in [0.1, 0.15) is 17.9 Å². The van der Waals surface area contributed by atoms with Crippen molar-refractivity contribution in [2.24, 2.45) is 5.92 Å². The topological polar surface area (TPSA) is 101 Å². The molecule has 0 amide bonds. The summed E-state index contributed by atoms with van der Waals surface area (Å²) in [5, 5.41) is 14.8. The molecule has 3 aliphatic rings. The smallest absolute Gasteiger partial charge is 0.262 e. The van der Waals surface area contributed by atoms with Crippen molar-refractivity contribution in [3.8, 4) is 0 Å². The predicted molar refractivity (Wildman–Crippen MR) is 131 cm³/mol. The van der Waals surface area contributed by atoms with Crippen LogP contribution in [0.3, 0.4) is 0 Å². The van der Waals surface area contributed by atoms with E-state index in [1.165, 1.54) is 19.2 Å². The van der Waals surface area contributed by atoms with Crippen molar-refractivity contribution >= 4 is 11.3 Å². The third-order valence-electron chi connectivity index (χ3n) is 7.83. The number of rotatable bonds is 8. The Kier molecular flexibility index (Phi) is 6.97. The number of halogens is 2. The molecule has 5 atom stereocenters. The van der Waals surface area contributed by atoms with Gasteiger partial charge in [-0.15, -0.1) is 0 Å². The summed E-state index contributed by atoms with van der Waals surface area (Å²) in [6.45, 7) is 8.24. The molecule has 3 saturated heterocycles. The summed E-state index contributed by atoms with van der Waals surface area (Å²) in [4.78, 5) is 8.32. The number of ether oxygens (including phenoxy) is 2. The van der Waals surface area contributed by atoms with Crippen LogP contribution < -0.4 is 5.73 Å². The normalized spacial score (nSPS) is 31.7. The zero-order valence-electron chi connectivity index (χ0n) is 21.3. The molecule has 2 aromatic heterocycles. The lowest BCUT2D eigenvalue weighted by Gasteiger charge is -2.30. The van der Waals surface area contributed by atoms with Crippen LogP contribution in [0, 0.1) is 5.92 Å². The molecule has 0 bridgehead atoms. The van der Waals surface area contributed by atoms with Crippen molar-refractivity contribution in [2.75, 3.05) is 38.5 Å². The maximum Gasteiger partial charge on any atom is 0.262 e. The molecule has 36 heavy (non-hydrogen) atoms. The number of nitrogens with two attached hydrogens (primary N) is 1. The minimum atomic E-state index is -2.70. The Bertz CT molecular complexity index is 1050. The van der Waals surface area contributed by atoms with E-state index in [2.05, 4.69) is 15.0 Å². The summed E-state index contributed by atoms with van der Waals surface area (Å²) in [6, 6.07) is 3.50. The molecule has 0 spiro atoms. The Morgan fingerprint density at radius 3 is 2.75 bits per heavy atom.